The Morgan fingerprint density at radius 2 is 1.87 bits per heavy atom. The van der Waals surface area contributed by atoms with Gasteiger partial charge in [-0.05, 0) is 49.1 Å². The van der Waals surface area contributed by atoms with Gasteiger partial charge in [0.15, 0.2) is 0 Å². The van der Waals surface area contributed by atoms with Gasteiger partial charge in [0.25, 0.3) is 5.56 Å². The molecule has 1 N–H and O–H groups in total. The van der Waals surface area contributed by atoms with Crippen LogP contribution in [0.1, 0.15) is 24.8 Å². The SMILES string of the molecule is O=c1cc(N2CCCCC2)nc2sc(-c3cccc(NCc4ccncc4)c3)nn12. The highest BCUT2D eigenvalue weighted by molar-refractivity contribution is 7.19. The Labute approximate surface area is 178 Å². The normalized spacial score (nSPS) is 14.2. The van der Waals surface area contributed by atoms with Crippen molar-refractivity contribution in [1.82, 2.24) is 19.6 Å². The average molecular weight is 419 g/mol. The topological polar surface area (TPSA) is 75.4 Å². The maximum absolute atomic E-state index is 12.6. The molecule has 4 heterocycles. The smallest absolute Gasteiger partial charge is 0.277 e. The summed E-state index contributed by atoms with van der Waals surface area (Å²) in [5, 5.41) is 8.74. The number of hydrogen-bond donors (Lipinski definition) is 1. The van der Waals surface area contributed by atoms with E-state index in [0.29, 0.717) is 11.5 Å². The van der Waals surface area contributed by atoms with Crippen LogP contribution >= 0.6 is 11.3 Å². The van der Waals surface area contributed by atoms with Gasteiger partial charge in [-0.1, -0.05) is 23.5 Å². The van der Waals surface area contributed by atoms with Crippen LogP contribution in [0.3, 0.4) is 0 Å². The summed E-state index contributed by atoms with van der Waals surface area (Å²) >= 11 is 1.44. The third-order valence-corrected chi connectivity index (χ3v) is 6.22. The van der Waals surface area contributed by atoms with Gasteiger partial charge in [0.1, 0.15) is 10.8 Å². The van der Waals surface area contributed by atoms with E-state index in [1.54, 1.807) is 18.5 Å². The molecule has 1 aromatic carbocycles. The molecule has 4 aromatic rings. The van der Waals surface area contributed by atoms with Crippen molar-refractivity contribution < 1.29 is 0 Å². The van der Waals surface area contributed by atoms with Gasteiger partial charge in [0.05, 0.1) is 0 Å². The van der Waals surface area contributed by atoms with Gasteiger partial charge in [0, 0.05) is 49.3 Å². The number of benzene rings is 1. The molecule has 0 radical (unpaired) electrons. The van der Waals surface area contributed by atoms with E-state index in [4.69, 9.17) is 4.98 Å². The summed E-state index contributed by atoms with van der Waals surface area (Å²) in [5.41, 5.74) is 2.99. The van der Waals surface area contributed by atoms with Crippen molar-refractivity contribution in [3.8, 4) is 10.6 Å². The average Bonchev–Trinajstić information content (AvgIpc) is 3.24. The zero-order valence-corrected chi connectivity index (χ0v) is 17.3. The van der Waals surface area contributed by atoms with E-state index in [-0.39, 0.29) is 5.56 Å². The monoisotopic (exact) mass is 418 g/mol. The van der Waals surface area contributed by atoms with Crippen molar-refractivity contribution in [3.05, 3.63) is 70.8 Å². The van der Waals surface area contributed by atoms with Gasteiger partial charge in [-0.25, -0.2) is 4.98 Å². The maximum Gasteiger partial charge on any atom is 0.277 e. The van der Waals surface area contributed by atoms with Crippen LogP contribution in [-0.2, 0) is 6.54 Å². The molecule has 0 atom stereocenters. The largest absolute Gasteiger partial charge is 0.381 e. The molecule has 0 saturated carbocycles. The van der Waals surface area contributed by atoms with Crippen LogP contribution in [0.5, 0.6) is 0 Å². The molecule has 30 heavy (non-hydrogen) atoms. The molecule has 1 aliphatic heterocycles. The Bertz CT molecular complexity index is 1210. The van der Waals surface area contributed by atoms with Crippen LogP contribution < -0.4 is 15.8 Å². The van der Waals surface area contributed by atoms with E-state index in [9.17, 15) is 4.79 Å². The predicted octanol–water partition coefficient (Wildman–Crippen LogP) is 3.82. The highest BCUT2D eigenvalue weighted by Crippen LogP contribution is 2.28. The van der Waals surface area contributed by atoms with E-state index in [2.05, 4.69) is 26.4 Å². The van der Waals surface area contributed by atoms with E-state index < -0.39 is 0 Å². The number of nitrogens with zero attached hydrogens (tertiary/aromatic N) is 5. The zero-order chi connectivity index (χ0) is 20.3. The van der Waals surface area contributed by atoms with E-state index in [0.717, 1.165) is 53.6 Å². The minimum atomic E-state index is -0.130. The van der Waals surface area contributed by atoms with Crippen molar-refractivity contribution >= 4 is 27.8 Å². The summed E-state index contributed by atoms with van der Waals surface area (Å²) in [7, 11) is 0. The minimum Gasteiger partial charge on any atom is -0.381 e. The van der Waals surface area contributed by atoms with Gasteiger partial charge in [-0.15, -0.1) is 0 Å². The second-order valence-corrected chi connectivity index (χ2v) is 8.35. The number of nitrogens with one attached hydrogen (secondary N) is 1. The van der Waals surface area contributed by atoms with Crippen LogP contribution in [0, 0.1) is 0 Å². The first-order chi connectivity index (χ1) is 14.8. The van der Waals surface area contributed by atoms with Crippen molar-refractivity contribution in [2.75, 3.05) is 23.3 Å². The Hall–Kier alpha value is -3.26. The van der Waals surface area contributed by atoms with Gasteiger partial charge in [-0.3, -0.25) is 9.78 Å². The molecule has 0 unspecified atom stereocenters. The Kier molecular flexibility index (Phi) is 5.15. The van der Waals surface area contributed by atoms with Crippen LogP contribution in [0.4, 0.5) is 11.5 Å². The fraction of sp³-hybridized carbons (Fsp3) is 0.273. The summed E-state index contributed by atoms with van der Waals surface area (Å²) in [6.07, 6.45) is 7.12. The lowest BCUT2D eigenvalue weighted by atomic mass is 10.1. The lowest BCUT2D eigenvalue weighted by Crippen LogP contribution is -2.31. The molecule has 7 nitrogen and oxygen atoms in total. The van der Waals surface area contributed by atoms with Gasteiger partial charge >= 0.3 is 0 Å². The summed E-state index contributed by atoms with van der Waals surface area (Å²) in [5.74, 6) is 0.766. The van der Waals surface area contributed by atoms with E-state index in [1.165, 1.54) is 22.3 Å². The molecule has 3 aromatic heterocycles. The number of fused-ring (bicyclic) bond motifs is 1. The molecule has 0 spiro atoms. The Morgan fingerprint density at radius 1 is 1.03 bits per heavy atom. The third kappa shape index (κ3) is 3.91. The molecule has 0 bridgehead atoms. The Balaban J connectivity index is 1.41. The summed E-state index contributed by atoms with van der Waals surface area (Å²) in [4.78, 5) is 24.2. The van der Waals surface area contributed by atoms with Crippen molar-refractivity contribution in [3.63, 3.8) is 0 Å². The summed E-state index contributed by atoms with van der Waals surface area (Å²) in [6, 6.07) is 13.7. The molecule has 1 fully saturated rings. The van der Waals surface area contributed by atoms with E-state index in [1.807, 2.05) is 30.3 Å². The molecule has 5 rings (SSSR count). The second kappa shape index (κ2) is 8.23. The predicted molar refractivity (Wildman–Crippen MR) is 120 cm³/mol. The van der Waals surface area contributed by atoms with Crippen LogP contribution in [0.25, 0.3) is 15.5 Å². The fourth-order valence-electron chi connectivity index (χ4n) is 3.67. The lowest BCUT2D eigenvalue weighted by molar-refractivity contribution is 0.573. The number of piperidine rings is 1. The minimum absolute atomic E-state index is 0.130. The first-order valence-corrected chi connectivity index (χ1v) is 11.0. The highest BCUT2D eigenvalue weighted by atomic mass is 32.1. The number of aromatic nitrogens is 4. The molecule has 152 valence electrons. The molecule has 8 heteroatoms. The molecular formula is C22H22N6OS. The van der Waals surface area contributed by atoms with Crippen molar-refractivity contribution in [2.24, 2.45) is 0 Å². The highest BCUT2D eigenvalue weighted by Gasteiger charge is 2.16. The Morgan fingerprint density at radius 3 is 2.70 bits per heavy atom. The van der Waals surface area contributed by atoms with Gasteiger partial charge < -0.3 is 10.2 Å². The third-order valence-electron chi connectivity index (χ3n) is 5.27. The fourth-order valence-corrected chi connectivity index (χ4v) is 4.56. The van der Waals surface area contributed by atoms with Gasteiger partial charge in [0.2, 0.25) is 4.96 Å². The quantitative estimate of drug-likeness (QED) is 0.531. The van der Waals surface area contributed by atoms with Crippen LogP contribution in [0.15, 0.2) is 59.7 Å². The maximum atomic E-state index is 12.6. The number of anilines is 2. The summed E-state index contributed by atoms with van der Waals surface area (Å²) in [6.45, 7) is 2.63. The molecule has 1 saturated heterocycles. The zero-order valence-electron chi connectivity index (χ0n) is 16.5. The second-order valence-electron chi connectivity index (χ2n) is 7.39. The van der Waals surface area contributed by atoms with Crippen molar-refractivity contribution in [2.45, 2.75) is 25.8 Å². The molecule has 1 aliphatic rings. The molecule has 0 amide bonds. The first kappa shape index (κ1) is 18.7. The van der Waals surface area contributed by atoms with Crippen LogP contribution in [0.2, 0.25) is 0 Å². The van der Waals surface area contributed by atoms with Crippen LogP contribution in [-0.4, -0.2) is 32.7 Å². The number of hydrogen-bond acceptors (Lipinski definition) is 7. The number of pyridine rings is 1. The number of rotatable bonds is 5. The van der Waals surface area contributed by atoms with E-state index >= 15 is 0 Å². The van der Waals surface area contributed by atoms with Crippen molar-refractivity contribution in [1.29, 1.82) is 0 Å². The van der Waals surface area contributed by atoms with Gasteiger partial charge in [-0.2, -0.15) is 9.61 Å². The lowest BCUT2D eigenvalue weighted by Gasteiger charge is -2.27. The summed E-state index contributed by atoms with van der Waals surface area (Å²) < 4.78 is 1.41. The first-order valence-electron chi connectivity index (χ1n) is 10.2. The molecule has 0 aliphatic carbocycles. The standard InChI is InChI=1S/C22H22N6OS/c29-20-14-19(27-11-2-1-3-12-27)25-22-28(20)26-21(30-22)17-5-4-6-18(13-17)24-15-16-7-9-23-10-8-16/h4-10,13-14,24H,1-3,11-12,15H2. The molecular weight excluding hydrogens is 396 g/mol.